The third kappa shape index (κ3) is 4.75. The molecule has 2 rings (SSSR count). The highest BCUT2D eigenvalue weighted by Crippen LogP contribution is 2.23. The second-order valence-electron chi connectivity index (χ2n) is 4.52. The number of benzene rings is 1. The second-order valence-corrected chi connectivity index (χ2v) is 5.77. The van der Waals surface area contributed by atoms with Crippen molar-refractivity contribution in [3.8, 4) is 0 Å². The lowest BCUT2D eigenvalue weighted by molar-refractivity contribution is -0.141. The molecule has 2 N–H and O–H groups in total. The summed E-state index contributed by atoms with van der Waals surface area (Å²) in [6.07, 6.45) is 1.49. The van der Waals surface area contributed by atoms with Crippen LogP contribution in [-0.2, 0) is 16.1 Å². The predicted octanol–water partition coefficient (Wildman–Crippen LogP) is 3.09. The first-order valence-corrected chi connectivity index (χ1v) is 7.50. The van der Waals surface area contributed by atoms with Crippen LogP contribution < -0.4 is 5.32 Å². The third-order valence-corrected chi connectivity index (χ3v) is 3.56. The van der Waals surface area contributed by atoms with Crippen molar-refractivity contribution in [1.82, 2.24) is 0 Å². The fourth-order valence-electron chi connectivity index (χ4n) is 1.80. The summed E-state index contributed by atoms with van der Waals surface area (Å²) >= 11 is 2.23. The van der Waals surface area contributed by atoms with E-state index in [0.29, 0.717) is 11.3 Å². The molecule has 1 aromatic heterocycles. The molecule has 0 aliphatic carbocycles. The van der Waals surface area contributed by atoms with Crippen molar-refractivity contribution in [2.45, 2.75) is 19.6 Å². The van der Waals surface area contributed by atoms with Crippen molar-refractivity contribution in [3.63, 3.8) is 0 Å². The van der Waals surface area contributed by atoms with Gasteiger partial charge in [0.15, 0.2) is 0 Å². The van der Waals surface area contributed by atoms with Crippen LogP contribution in [0.1, 0.15) is 24.3 Å². The number of furan rings is 1. The molecule has 21 heavy (non-hydrogen) atoms. The molecule has 0 fully saturated rings. The maximum atomic E-state index is 11.0. The number of ether oxygens (including phenoxy) is 1. The maximum absolute atomic E-state index is 11.0. The standard InChI is InChI=1S/C15H16INO4/c1-10(19)20-9-14(15-6-11(7-18)8-21-15)17-13-4-2-12(16)3-5-13/h2-6,8,14,17-18H,7,9H2,1H3. The molecule has 1 heterocycles. The minimum atomic E-state index is -0.349. The monoisotopic (exact) mass is 401 g/mol. The molecule has 2 aromatic rings. The van der Waals surface area contributed by atoms with Crippen LogP contribution in [-0.4, -0.2) is 17.7 Å². The lowest BCUT2D eigenvalue weighted by Gasteiger charge is -2.17. The quantitative estimate of drug-likeness (QED) is 0.575. The highest BCUT2D eigenvalue weighted by atomic mass is 127. The van der Waals surface area contributed by atoms with E-state index in [-0.39, 0.29) is 25.2 Å². The Balaban J connectivity index is 2.14. The highest BCUT2D eigenvalue weighted by molar-refractivity contribution is 14.1. The van der Waals surface area contributed by atoms with Gasteiger partial charge in [0.25, 0.3) is 0 Å². The van der Waals surface area contributed by atoms with E-state index in [1.165, 1.54) is 13.2 Å². The minimum Gasteiger partial charge on any atom is -0.467 e. The third-order valence-electron chi connectivity index (χ3n) is 2.84. The Kier molecular flexibility index (Phi) is 5.63. The van der Waals surface area contributed by atoms with Gasteiger partial charge in [-0.15, -0.1) is 0 Å². The number of hydrogen-bond donors (Lipinski definition) is 2. The van der Waals surface area contributed by atoms with Gasteiger partial charge in [0, 0.05) is 21.7 Å². The molecule has 0 saturated heterocycles. The first-order chi connectivity index (χ1) is 10.1. The van der Waals surface area contributed by atoms with E-state index in [1.807, 2.05) is 24.3 Å². The number of anilines is 1. The second kappa shape index (κ2) is 7.46. The molecule has 5 nitrogen and oxygen atoms in total. The Morgan fingerprint density at radius 1 is 1.43 bits per heavy atom. The summed E-state index contributed by atoms with van der Waals surface area (Å²) in [6.45, 7) is 1.43. The molecule has 1 aromatic carbocycles. The van der Waals surface area contributed by atoms with Crippen LogP contribution in [0, 0.1) is 3.57 Å². The summed E-state index contributed by atoms with van der Waals surface area (Å²) in [7, 11) is 0. The number of carbonyl (C=O) groups excluding carboxylic acids is 1. The number of aliphatic hydroxyl groups excluding tert-OH is 1. The van der Waals surface area contributed by atoms with Crippen LogP contribution in [0.25, 0.3) is 0 Å². The molecule has 0 amide bonds. The van der Waals surface area contributed by atoms with Gasteiger partial charge in [0.2, 0.25) is 0 Å². The topological polar surface area (TPSA) is 71.7 Å². The normalized spacial score (nSPS) is 12.0. The number of rotatable bonds is 6. The molecule has 0 aliphatic heterocycles. The molecule has 1 atom stereocenters. The van der Waals surface area contributed by atoms with Gasteiger partial charge in [-0.25, -0.2) is 0 Å². The van der Waals surface area contributed by atoms with Crippen LogP contribution in [0.15, 0.2) is 41.0 Å². The van der Waals surface area contributed by atoms with E-state index in [0.717, 1.165) is 9.26 Å². The van der Waals surface area contributed by atoms with Crippen LogP contribution in [0.2, 0.25) is 0 Å². The fraction of sp³-hybridized carbons (Fsp3) is 0.267. The zero-order valence-electron chi connectivity index (χ0n) is 11.5. The van der Waals surface area contributed by atoms with Gasteiger partial charge in [-0.2, -0.15) is 0 Å². The van der Waals surface area contributed by atoms with Gasteiger partial charge in [0.1, 0.15) is 18.4 Å². The maximum Gasteiger partial charge on any atom is 0.302 e. The van der Waals surface area contributed by atoms with Crippen molar-refractivity contribution in [2.75, 3.05) is 11.9 Å². The van der Waals surface area contributed by atoms with Gasteiger partial charge >= 0.3 is 5.97 Å². The molecule has 0 spiro atoms. The lowest BCUT2D eigenvalue weighted by Crippen LogP contribution is -2.18. The lowest BCUT2D eigenvalue weighted by atomic mass is 10.2. The summed E-state index contributed by atoms with van der Waals surface area (Å²) in [5.41, 5.74) is 1.58. The smallest absolute Gasteiger partial charge is 0.302 e. The van der Waals surface area contributed by atoms with E-state index < -0.39 is 0 Å². The molecule has 0 bridgehead atoms. The number of hydrogen-bond acceptors (Lipinski definition) is 5. The zero-order chi connectivity index (χ0) is 15.2. The van der Waals surface area contributed by atoms with E-state index in [2.05, 4.69) is 27.9 Å². The minimum absolute atomic E-state index is 0.0900. The number of aliphatic hydroxyl groups is 1. The Morgan fingerprint density at radius 3 is 2.71 bits per heavy atom. The SMILES string of the molecule is CC(=O)OCC(Nc1ccc(I)cc1)c1cc(CO)co1. The Labute approximate surface area is 136 Å². The summed E-state index contributed by atoms with van der Waals surface area (Å²) in [5, 5.41) is 12.4. The zero-order valence-corrected chi connectivity index (χ0v) is 13.7. The Hall–Kier alpha value is -1.54. The van der Waals surface area contributed by atoms with Crippen LogP contribution in [0.3, 0.4) is 0 Å². The van der Waals surface area contributed by atoms with E-state index >= 15 is 0 Å². The van der Waals surface area contributed by atoms with Gasteiger partial charge in [-0.3, -0.25) is 4.79 Å². The number of esters is 1. The number of halogens is 1. The first kappa shape index (κ1) is 15.8. The largest absolute Gasteiger partial charge is 0.467 e. The molecule has 1 unspecified atom stereocenters. The van der Waals surface area contributed by atoms with Crippen molar-refractivity contribution in [2.24, 2.45) is 0 Å². The highest BCUT2D eigenvalue weighted by Gasteiger charge is 2.17. The first-order valence-electron chi connectivity index (χ1n) is 6.42. The van der Waals surface area contributed by atoms with E-state index in [1.54, 1.807) is 6.07 Å². The summed E-state index contributed by atoms with van der Waals surface area (Å²) in [5.74, 6) is 0.261. The van der Waals surface area contributed by atoms with Crippen molar-refractivity contribution in [3.05, 3.63) is 51.5 Å². The summed E-state index contributed by atoms with van der Waals surface area (Å²) in [6, 6.07) is 9.28. The molecule has 6 heteroatoms. The summed E-state index contributed by atoms with van der Waals surface area (Å²) in [4.78, 5) is 11.0. The van der Waals surface area contributed by atoms with Crippen LogP contribution in [0.5, 0.6) is 0 Å². The van der Waals surface area contributed by atoms with Crippen LogP contribution >= 0.6 is 22.6 Å². The predicted molar refractivity (Wildman–Crippen MR) is 86.8 cm³/mol. The van der Waals surface area contributed by atoms with Gasteiger partial charge in [0.05, 0.1) is 12.9 Å². The van der Waals surface area contributed by atoms with Gasteiger partial charge < -0.3 is 19.6 Å². The molecular weight excluding hydrogens is 385 g/mol. The van der Waals surface area contributed by atoms with Gasteiger partial charge in [-0.1, -0.05) is 0 Å². The van der Waals surface area contributed by atoms with Gasteiger partial charge in [-0.05, 0) is 52.9 Å². The summed E-state index contributed by atoms with van der Waals surface area (Å²) < 4.78 is 11.6. The van der Waals surface area contributed by atoms with Crippen LogP contribution in [0.4, 0.5) is 5.69 Å². The average Bonchev–Trinajstić information content (AvgIpc) is 2.94. The average molecular weight is 401 g/mol. The molecule has 0 radical (unpaired) electrons. The van der Waals surface area contributed by atoms with E-state index in [4.69, 9.17) is 14.3 Å². The molecule has 0 saturated carbocycles. The number of carbonyl (C=O) groups is 1. The Bertz CT molecular complexity index is 594. The van der Waals surface area contributed by atoms with Crippen molar-refractivity contribution >= 4 is 34.2 Å². The van der Waals surface area contributed by atoms with Crippen molar-refractivity contribution < 1.29 is 19.1 Å². The fourth-order valence-corrected chi connectivity index (χ4v) is 2.16. The molecule has 112 valence electrons. The van der Waals surface area contributed by atoms with E-state index in [9.17, 15) is 4.79 Å². The molecular formula is C15H16INO4. The number of nitrogens with one attached hydrogen (secondary N) is 1. The molecule has 0 aliphatic rings. The van der Waals surface area contributed by atoms with Crippen molar-refractivity contribution in [1.29, 1.82) is 0 Å². The Morgan fingerprint density at radius 2 is 2.14 bits per heavy atom.